The second kappa shape index (κ2) is 7.15. The van der Waals surface area contributed by atoms with Gasteiger partial charge < -0.3 is 4.90 Å². The standard InChI is InChI=1S/C22H23N/c1-18-13-14-22(15-19(18)2)23(16-20-9-5-3-6-10-20)17-21-11-7-4-8-12-21/h3-15H,16-17H2,1-2H3. The molecule has 3 aromatic carbocycles. The largest absolute Gasteiger partial charge is 0.363 e. The minimum absolute atomic E-state index is 0.915. The van der Waals surface area contributed by atoms with Crippen LogP contribution in [0.3, 0.4) is 0 Å². The zero-order chi connectivity index (χ0) is 16.1. The lowest BCUT2D eigenvalue weighted by molar-refractivity contribution is 0.799. The van der Waals surface area contributed by atoms with Crippen LogP contribution in [0.15, 0.2) is 78.9 Å². The van der Waals surface area contributed by atoms with Crippen LogP contribution in [0, 0.1) is 13.8 Å². The van der Waals surface area contributed by atoms with Crippen LogP contribution < -0.4 is 4.90 Å². The van der Waals surface area contributed by atoms with Gasteiger partial charge in [-0.2, -0.15) is 0 Å². The monoisotopic (exact) mass is 301 g/mol. The van der Waals surface area contributed by atoms with Crippen molar-refractivity contribution in [3.8, 4) is 0 Å². The topological polar surface area (TPSA) is 3.24 Å². The Morgan fingerprint density at radius 3 is 1.61 bits per heavy atom. The van der Waals surface area contributed by atoms with E-state index in [0.29, 0.717) is 0 Å². The van der Waals surface area contributed by atoms with Crippen molar-refractivity contribution in [2.45, 2.75) is 26.9 Å². The first-order chi connectivity index (χ1) is 11.2. The zero-order valence-electron chi connectivity index (χ0n) is 13.9. The second-order valence-electron chi connectivity index (χ2n) is 6.10. The normalized spacial score (nSPS) is 10.5. The van der Waals surface area contributed by atoms with E-state index in [0.717, 1.165) is 13.1 Å². The van der Waals surface area contributed by atoms with Crippen LogP contribution in [-0.2, 0) is 13.1 Å². The molecule has 0 radical (unpaired) electrons. The Morgan fingerprint density at radius 2 is 1.13 bits per heavy atom. The van der Waals surface area contributed by atoms with E-state index in [1.54, 1.807) is 0 Å². The van der Waals surface area contributed by atoms with Gasteiger partial charge in [0.1, 0.15) is 0 Å². The summed E-state index contributed by atoms with van der Waals surface area (Å²) < 4.78 is 0. The van der Waals surface area contributed by atoms with E-state index >= 15 is 0 Å². The van der Waals surface area contributed by atoms with Crippen LogP contribution in [0.2, 0.25) is 0 Å². The summed E-state index contributed by atoms with van der Waals surface area (Å²) in [6.45, 7) is 6.18. The molecule has 0 amide bonds. The summed E-state index contributed by atoms with van der Waals surface area (Å²) >= 11 is 0. The molecule has 0 aliphatic rings. The Morgan fingerprint density at radius 1 is 0.609 bits per heavy atom. The van der Waals surface area contributed by atoms with E-state index in [4.69, 9.17) is 0 Å². The van der Waals surface area contributed by atoms with Crippen molar-refractivity contribution in [2.75, 3.05) is 4.90 Å². The third-order valence-electron chi connectivity index (χ3n) is 4.29. The van der Waals surface area contributed by atoms with Gasteiger partial charge in [-0.15, -0.1) is 0 Å². The van der Waals surface area contributed by atoms with Gasteiger partial charge in [-0.05, 0) is 48.2 Å². The van der Waals surface area contributed by atoms with Crippen molar-refractivity contribution in [3.05, 3.63) is 101 Å². The lowest BCUT2D eigenvalue weighted by atomic mass is 10.1. The molecule has 0 aliphatic heterocycles. The molecule has 0 N–H and O–H groups in total. The Kier molecular flexibility index (Phi) is 4.77. The zero-order valence-corrected chi connectivity index (χ0v) is 13.9. The second-order valence-corrected chi connectivity index (χ2v) is 6.10. The van der Waals surface area contributed by atoms with E-state index in [9.17, 15) is 0 Å². The first-order valence-electron chi connectivity index (χ1n) is 8.12. The predicted molar refractivity (Wildman–Crippen MR) is 98.7 cm³/mol. The molecule has 3 rings (SSSR count). The predicted octanol–water partition coefficient (Wildman–Crippen LogP) is 5.51. The number of hydrogen-bond acceptors (Lipinski definition) is 1. The summed E-state index contributed by atoms with van der Waals surface area (Å²) in [5.74, 6) is 0. The number of anilines is 1. The summed E-state index contributed by atoms with van der Waals surface area (Å²) in [4.78, 5) is 2.44. The Labute approximate surface area is 139 Å². The van der Waals surface area contributed by atoms with E-state index in [1.807, 2.05) is 0 Å². The molecule has 0 unspecified atom stereocenters. The minimum Gasteiger partial charge on any atom is -0.363 e. The van der Waals surface area contributed by atoms with Gasteiger partial charge in [0.25, 0.3) is 0 Å². The van der Waals surface area contributed by atoms with E-state index in [1.165, 1.54) is 27.9 Å². The quantitative estimate of drug-likeness (QED) is 0.600. The van der Waals surface area contributed by atoms with Crippen LogP contribution >= 0.6 is 0 Å². The molecule has 0 fully saturated rings. The van der Waals surface area contributed by atoms with Crippen LogP contribution in [0.4, 0.5) is 5.69 Å². The fraction of sp³-hybridized carbons (Fsp3) is 0.182. The van der Waals surface area contributed by atoms with Crippen LogP contribution in [0.5, 0.6) is 0 Å². The molecule has 1 nitrogen and oxygen atoms in total. The average molecular weight is 301 g/mol. The van der Waals surface area contributed by atoms with Gasteiger partial charge in [-0.1, -0.05) is 66.7 Å². The highest BCUT2D eigenvalue weighted by atomic mass is 15.1. The third-order valence-corrected chi connectivity index (χ3v) is 4.29. The highest BCUT2D eigenvalue weighted by Gasteiger charge is 2.09. The summed E-state index contributed by atoms with van der Waals surface area (Å²) in [5.41, 5.74) is 6.63. The fourth-order valence-electron chi connectivity index (χ4n) is 2.77. The van der Waals surface area contributed by atoms with Crippen molar-refractivity contribution >= 4 is 5.69 Å². The van der Waals surface area contributed by atoms with Crippen molar-refractivity contribution < 1.29 is 0 Å². The first-order valence-corrected chi connectivity index (χ1v) is 8.12. The molecule has 3 aromatic rings. The molecule has 0 spiro atoms. The molecule has 0 heterocycles. The molecular weight excluding hydrogens is 278 g/mol. The van der Waals surface area contributed by atoms with Crippen LogP contribution in [0.25, 0.3) is 0 Å². The van der Waals surface area contributed by atoms with Gasteiger partial charge >= 0.3 is 0 Å². The lowest BCUT2D eigenvalue weighted by Crippen LogP contribution is -2.22. The smallest absolute Gasteiger partial charge is 0.0433 e. The highest BCUT2D eigenvalue weighted by Crippen LogP contribution is 2.23. The molecule has 1 heteroatoms. The van der Waals surface area contributed by atoms with Crippen molar-refractivity contribution in [2.24, 2.45) is 0 Å². The molecule has 0 saturated carbocycles. The van der Waals surface area contributed by atoms with Crippen LogP contribution in [0.1, 0.15) is 22.3 Å². The maximum atomic E-state index is 2.44. The molecule has 0 bridgehead atoms. The number of rotatable bonds is 5. The Balaban J connectivity index is 1.90. The fourth-order valence-corrected chi connectivity index (χ4v) is 2.77. The van der Waals surface area contributed by atoms with Crippen molar-refractivity contribution in [3.63, 3.8) is 0 Å². The average Bonchev–Trinajstić information content (AvgIpc) is 2.59. The molecule has 0 saturated heterocycles. The van der Waals surface area contributed by atoms with E-state index in [2.05, 4.69) is 97.6 Å². The lowest BCUT2D eigenvalue weighted by Gasteiger charge is -2.26. The van der Waals surface area contributed by atoms with Crippen molar-refractivity contribution in [1.29, 1.82) is 0 Å². The SMILES string of the molecule is Cc1ccc(N(Cc2ccccc2)Cc2ccccc2)cc1C. The molecule has 116 valence electrons. The third kappa shape index (κ3) is 4.01. The number of hydrogen-bond donors (Lipinski definition) is 0. The summed E-state index contributed by atoms with van der Waals surface area (Å²) in [6.07, 6.45) is 0. The van der Waals surface area contributed by atoms with Gasteiger partial charge in [0.2, 0.25) is 0 Å². The highest BCUT2D eigenvalue weighted by molar-refractivity contribution is 5.51. The molecule has 23 heavy (non-hydrogen) atoms. The van der Waals surface area contributed by atoms with Crippen LogP contribution in [-0.4, -0.2) is 0 Å². The summed E-state index contributed by atoms with van der Waals surface area (Å²) in [6, 6.07) is 28.1. The van der Waals surface area contributed by atoms with Gasteiger partial charge in [-0.25, -0.2) is 0 Å². The maximum absolute atomic E-state index is 2.44. The number of nitrogens with zero attached hydrogens (tertiary/aromatic N) is 1. The minimum atomic E-state index is 0.915. The Bertz CT molecular complexity index is 706. The number of benzene rings is 3. The van der Waals surface area contributed by atoms with Gasteiger partial charge in [0, 0.05) is 18.8 Å². The summed E-state index contributed by atoms with van der Waals surface area (Å²) in [7, 11) is 0. The summed E-state index contributed by atoms with van der Waals surface area (Å²) in [5, 5.41) is 0. The van der Waals surface area contributed by atoms with Gasteiger partial charge in [-0.3, -0.25) is 0 Å². The maximum Gasteiger partial charge on any atom is 0.0433 e. The molecule has 0 atom stereocenters. The Hall–Kier alpha value is -2.54. The van der Waals surface area contributed by atoms with Crippen molar-refractivity contribution in [1.82, 2.24) is 0 Å². The molecule has 0 aromatic heterocycles. The molecule has 0 aliphatic carbocycles. The first kappa shape index (κ1) is 15.4. The van der Waals surface area contributed by atoms with E-state index < -0.39 is 0 Å². The van der Waals surface area contributed by atoms with E-state index in [-0.39, 0.29) is 0 Å². The molecular formula is C22H23N. The van der Waals surface area contributed by atoms with Gasteiger partial charge in [0.05, 0.1) is 0 Å². The number of aryl methyl sites for hydroxylation is 2. The van der Waals surface area contributed by atoms with Gasteiger partial charge in [0.15, 0.2) is 0 Å².